The molecule has 1 rings (SSSR count). The third-order valence-electron chi connectivity index (χ3n) is 2.06. The number of hydrogen-bond donors (Lipinski definition) is 0. The predicted octanol–water partition coefficient (Wildman–Crippen LogP) is 2.70. The van der Waals surface area contributed by atoms with Gasteiger partial charge in [-0.25, -0.2) is 0 Å². The molecule has 0 aliphatic rings. The molecule has 76 valence electrons. The summed E-state index contributed by atoms with van der Waals surface area (Å²) < 4.78 is 5.26. The van der Waals surface area contributed by atoms with Crippen LogP contribution in [-0.2, 0) is 4.79 Å². The molecule has 0 radical (unpaired) electrons. The number of benzene rings is 1. The highest BCUT2D eigenvalue weighted by molar-refractivity contribution is 5.51. The van der Waals surface area contributed by atoms with E-state index in [1.54, 1.807) is 0 Å². The molecule has 14 heavy (non-hydrogen) atoms. The van der Waals surface area contributed by atoms with Gasteiger partial charge in [-0.2, -0.15) is 0 Å². The molecule has 0 saturated heterocycles. The van der Waals surface area contributed by atoms with E-state index in [0.717, 1.165) is 17.6 Å². The first-order valence-corrected chi connectivity index (χ1v) is 4.81. The molecular formula is C12H16O2. The summed E-state index contributed by atoms with van der Waals surface area (Å²) in [5, 5.41) is 0. The molecule has 2 nitrogen and oxygen atoms in total. The van der Waals surface area contributed by atoms with Crippen molar-refractivity contribution in [2.24, 2.45) is 0 Å². The number of hydrogen-bond acceptors (Lipinski definition) is 2. The molecule has 0 heterocycles. The van der Waals surface area contributed by atoms with Crippen molar-refractivity contribution in [2.75, 3.05) is 6.61 Å². The zero-order chi connectivity index (χ0) is 10.6. The summed E-state index contributed by atoms with van der Waals surface area (Å²) in [5.41, 5.74) is 2.41. The molecule has 0 bridgehead atoms. The maximum absolute atomic E-state index is 10.2. The summed E-state index contributed by atoms with van der Waals surface area (Å²) in [7, 11) is 0. The minimum Gasteiger partial charge on any atom is -0.486 e. The highest BCUT2D eigenvalue weighted by atomic mass is 16.5. The molecule has 0 amide bonds. The van der Waals surface area contributed by atoms with Gasteiger partial charge in [0.15, 0.2) is 6.29 Å². The van der Waals surface area contributed by atoms with Crippen molar-refractivity contribution in [3.8, 4) is 5.75 Å². The molecule has 0 spiro atoms. The van der Waals surface area contributed by atoms with Crippen LogP contribution in [0.2, 0.25) is 0 Å². The average molecular weight is 192 g/mol. The van der Waals surface area contributed by atoms with E-state index in [4.69, 9.17) is 4.74 Å². The second kappa shape index (κ2) is 4.80. The highest BCUT2D eigenvalue weighted by Crippen LogP contribution is 2.22. The molecule has 0 N–H and O–H groups in total. The van der Waals surface area contributed by atoms with Gasteiger partial charge in [0.2, 0.25) is 0 Å². The first-order valence-electron chi connectivity index (χ1n) is 4.81. The van der Waals surface area contributed by atoms with Crippen molar-refractivity contribution >= 4 is 6.29 Å². The molecule has 0 aromatic heterocycles. The molecule has 0 aliphatic carbocycles. The van der Waals surface area contributed by atoms with E-state index in [1.165, 1.54) is 5.56 Å². The van der Waals surface area contributed by atoms with Crippen LogP contribution in [0.4, 0.5) is 0 Å². The van der Waals surface area contributed by atoms with E-state index >= 15 is 0 Å². The summed E-state index contributed by atoms with van der Waals surface area (Å²) in [6.45, 7) is 6.43. The lowest BCUT2D eigenvalue weighted by Gasteiger charge is -2.10. The Bertz CT molecular complexity index is 316. The number of ether oxygens (including phenoxy) is 1. The molecule has 1 aromatic rings. The van der Waals surface area contributed by atoms with E-state index < -0.39 is 0 Å². The maximum atomic E-state index is 10.2. The highest BCUT2D eigenvalue weighted by Gasteiger charge is 2.02. The van der Waals surface area contributed by atoms with Gasteiger partial charge in [-0.1, -0.05) is 19.9 Å². The third kappa shape index (κ3) is 2.87. The van der Waals surface area contributed by atoms with Crippen LogP contribution >= 0.6 is 0 Å². The van der Waals surface area contributed by atoms with Crippen LogP contribution in [0.3, 0.4) is 0 Å². The van der Waals surface area contributed by atoms with Crippen molar-refractivity contribution in [1.29, 1.82) is 0 Å². The third-order valence-corrected chi connectivity index (χ3v) is 2.06. The number of aldehydes is 1. The number of carbonyl (C=O) groups excluding carboxylic acids is 1. The summed E-state index contributed by atoms with van der Waals surface area (Å²) >= 11 is 0. The Morgan fingerprint density at radius 2 is 2.07 bits per heavy atom. The first kappa shape index (κ1) is 10.8. The van der Waals surface area contributed by atoms with E-state index in [1.807, 2.05) is 19.1 Å². The van der Waals surface area contributed by atoms with Crippen molar-refractivity contribution < 1.29 is 9.53 Å². The molecule has 2 heteroatoms. The van der Waals surface area contributed by atoms with Gasteiger partial charge in [0.05, 0.1) is 0 Å². The molecule has 0 atom stereocenters. The van der Waals surface area contributed by atoms with E-state index in [-0.39, 0.29) is 6.61 Å². The molecule has 0 unspecified atom stereocenters. The van der Waals surface area contributed by atoms with Gasteiger partial charge in [-0.05, 0) is 36.1 Å². The van der Waals surface area contributed by atoms with Gasteiger partial charge in [-0.3, -0.25) is 4.79 Å². The van der Waals surface area contributed by atoms with Crippen molar-refractivity contribution in [3.63, 3.8) is 0 Å². The number of aryl methyl sites for hydroxylation is 1. The van der Waals surface area contributed by atoms with Crippen molar-refractivity contribution in [2.45, 2.75) is 26.7 Å². The SMILES string of the molecule is Cc1cc(OCC=O)cc(C(C)C)c1. The first-order chi connectivity index (χ1) is 6.63. The number of carbonyl (C=O) groups is 1. The molecular weight excluding hydrogens is 176 g/mol. The lowest BCUT2D eigenvalue weighted by atomic mass is 10.0. The van der Waals surface area contributed by atoms with Gasteiger partial charge in [0.25, 0.3) is 0 Å². The van der Waals surface area contributed by atoms with Crippen LogP contribution in [0.15, 0.2) is 18.2 Å². The minimum atomic E-state index is 0.126. The van der Waals surface area contributed by atoms with E-state index in [2.05, 4.69) is 19.9 Å². The zero-order valence-corrected chi connectivity index (χ0v) is 8.91. The maximum Gasteiger partial charge on any atom is 0.157 e. The Morgan fingerprint density at radius 1 is 1.36 bits per heavy atom. The molecule has 0 saturated carbocycles. The lowest BCUT2D eigenvalue weighted by Crippen LogP contribution is -1.99. The lowest BCUT2D eigenvalue weighted by molar-refractivity contribution is -0.109. The summed E-state index contributed by atoms with van der Waals surface area (Å²) in [6, 6.07) is 6.06. The fourth-order valence-electron chi connectivity index (χ4n) is 1.32. The van der Waals surface area contributed by atoms with Crippen LogP contribution in [0.25, 0.3) is 0 Å². The fraction of sp³-hybridized carbons (Fsp3) is 0.417. The quantitative estimate of drug-likeness (QED) is 0.685. The van der Waals surface area contributed by atoms with Gasteiger partial charge in [0.1, 0.15) is 12.4 Å². The van der Waals surface area contributed by atoms with Crippen LogP contribution in [-0.4, -0.2) is 12.9 Å². The van der Waals surface area contributed by atoms with Crippen molar-refractivity contribution in [1.82, 2.24) is 0 Å². The van der Waals surface area contributed by atoms with Gasteiger partial charge < -0.3 is 4.74 Å². The standard InChI is InChI=1S/C12H16O2/c1-9(2)11-6-10(3)7-12(8-11)14-5-4-13/h4,6-9H,5H2,1-3H3. The Labute approximate surface area is 84.9 Å². The molecule has 0 aliphatic heterocycles. The minimum absolute atomic E-state index is 0.126. The van der Waals surface area contributed by atoms with E-state index in [9.17, 15) is 4.79 Å². The Hall–Kier alpha value is -1.31. The summed E-state index contributed by atoms with van der Waals surface area (Å²) in [4.78, 5) is 10.2. The van der Waals surface area contributed by atoms with Gasteiger partial charge in [-0.15, -0.1) is 0 Å². The zero-order valence-electron chi connectivity index (χ0n) is 8.91. The largest absolute Gasteiger partial charge is 0.486 e. The van der Waals surface area contributed by atoms with Crippen LogP contribution in [0.5, 0.6) is 5.75 Å². The van der Waals surface area contributed by atoms with Crippen LogP contribution in [0.1, 0.15) is 30.9 Å². The van der Waals surface area contributed by atoms with E-state index in [0.29, 0.717) is 5.92 Å². The Balaban J connectivity index is 2.89. The smallest absolute Gasteiger partial charge is 0.157 e. The monoisotopic (exact) mass is 192 g/mol. The Kier molecular flexibility index (Phi) is 3.69. The van der Waals surface area contributed by atoms with Crippen molar-refractivity contribution in [3.05, 3.63) is 29.3 Å². The van der Waals surface area contributed by atoms with Crippen LogP contribution < -0.4 is 4.74 Å². The topological polar surface area (TPSA) is 26.3 Å². The van der Waals surface area contributed by atoms with Gasteiger partial charge >= 0.3 is 0 Å². The second-order valence-electron chi connectivity index (χ2n) is 3.71. The fourth-order valence-corrected chi connectivity index (χ4v) is 1.32. The van der Waals surface area contributed by atoms with Crippen LogP contribution in [0, 0.1) is 6.92 Å². The second-order valence-corrected chi connectivity index (χ2v) is 3.71. The summed E-state index contributed by atoms with van der Waals surface area (Å²) in [5.74, 6) is 1.26. The summed E-state index contributed by atoms with van der Waals surface area (Å²) in [6.07, 6.45) is 0.761. The molecule has 0 fully saturated rings. The average Bonchev–Trinajstić information content (AvgIpc) is 2.14. The molecule has 1 aromatic carbocycles. The number of rotatable bonds is 4. The normalized spacial score (nSPS) is 10.3. The predicted molar refractivity (Wildman–Crippen MR) is 56.8 cm³/mol. The van der Waals surface area contributed by atoms with Gasteiger partial charge in [0, 0.05) is 0 Å². The Morgan fingerprint density at radius 3 is 2.64 bits per heavy atom.